The Labute approximate surface area is 169 Å². The second kappa shape index (κ2) is 7.99. The first kappa shape index (κ1) is 19.8. The first-order chi connectivity index (χ1) is 12.8. The Morgan fingerprint density at radius 2 is 2.04 bits per heavy atom. The second-order valence-corrected chi connectivity index (χ2v) is 8.17. The summed E-state index contributed by atoms with van der Waals surface area (Å²) in [5.41, 5.74) is 1.48. The fourth-order valence-corrected chi connectivity index (χ4v) is 3.83. The number of rotatable bonds is 5. The summed E-state index contributed by atoms with van der Waals surface area (Å²) in [6.07, 6.45) is 1.58. The number of amides is 1. The molecule has 1 aliphatic heterocycles. The lowest BCUT2D eigenvalue weighted by Gasteiger charge is -2.38. The summed E-state index contributed by atoms with van der Waals surface area (Å²) >= 11 is 12.1. The number of aryl methyl sites for hydroxylation is 1. The highest BCUT2D eigenvalue weighted by molar-refractivity contribution is 6.35. The van der Waals surface area contributed by atoms with Crippen LogP contribution in [0.5, 0.6) is 11.5 Å². The SMILES string of the molecule is COc1ccc2c(c1)[C@H](NC(=O)CCc1ccc(Cl)cc1Cl)CC(C)(C)O2. The van der Waals surface area contributed by atoms with Gasteiger partial charge in [-0.3, -0.25) is 4.79 Å². The predicted octanol–water partition coefficient (Wildman–Crippen LogP) is 5.35. The highest BCUT2D eigenvalue weighted by Gasteiger charge is 2.34. The zero-order valence-corrected chi connectivity index (χ0v) is 17.2. The number of fused-ring (bicyclic) bond motifs is 1. The van der Waals surface area contributed by atoms with Crippen molar-refractivity contribution >= 4 is 29.1 Å². The van der Waals surface area contributed by atoms with Crippen LogP contribution < -0.4 is 14.8 Å². The summed E-state index contributed by atoms with van der Waals surface area (Å²) in [6.45, 7) is 4.04. The van der Waals surface area contributed by atoms with Gasteiger partial charge in [-0.2, -0.15) is 0 Å². The van der Waals surface area contributed by atoms with E-state index in [-0.39, 0.29) is 17.6 Å². The molecule has 2 aromatic rings. The van der Waals surface area contributed by atoms with Crippen LogP contribution in [0.2, 0.25) is 10.0 Å². The highest BCUT2D eigenvalue weighted by atomic mass is 35.5. The molecular weight excluding hydrogens is 385 g/mol. The number of methoxy groups -OCH3 is 1. The number of hydrogen-bond acceptors (Lipinski definition) is 3. The van der Waals surface area contributed by atoms with Crippen molar-refractivity contribution in [1.82, 2.24) is 5.32 Å². The van der Waals surface area contributed by atoms with Gasteiger partial charge < -0.3 is 14.8 Å². The lowest BCUT2D eigenvalue weighted by molar-refractivity contribution is -0.122. The van der Waals surface area contributed by atoms with E-state index in [1.807, 2.05) is 38.1 Å². The third-order valence-electron chi connectivity index (χ3n) is 4.65. The molecule has 2 aromatic carbocycles. The summed E-state index contributed by atoms with van der Waals surface area (Å²) in [5, 5.41) is 4.31. The minimum Gasteiger partial charge on any atom is -0.497 e. The molecule has 1 N–H and O–H groups in total. The summed E-state index contributed by atoms with van der Waals surface area (Å²) in [7, 11) is 1.62. The van der Waals surface area contributed by atoms with E-state index in [0.29, 0.717) is 29.3 Å². The van der Waals surface area contributed by atoms with Gasteiger partial charge in [0, 0.05) is 28.5 Å². The van der Waals surface area contributed by atoms with Gasteiger partial charge in [-0.1, -0.05) is 29.3 Å². The van der Waals surface area contributed by atoms with Crippen molar-refractivity contribution in [2.24, 2.45) is 0 Å². The quantitative estimate of drug-likeness (QED) is 0.725. The Morgan fingerprint density at radius 1 is 1.26 bits per heavy atom. The molecule has 0 fully saturated rings. The van der Waals surface area contributed by atoms with Gasteiger partial charge in [-0.05, 0) is 56.2 Å². The molecule has 3 rings (SSSR count). The maximum Gasteiger partial charge on any atom is 0.220 e. The lowest BCUT2D eigenvalue weighted by Crippen LogP contribution is -2.41. The standard InChI is InChI=1S/C21H23Cl2NO3/c1-21(2)12-18(16-11-15(26-3)7-8-19(16)27-21)24-20(25)9-5-13-4-6-14(22)10-17(13)23/h4,6-8,10-11,18H,5,9,12H2,1-3H3,(H,24,25)/t18-/m1/s1. The van der Waals surface area contributed by atoms with Gasteiger partial charge >= 0.3 is 0 Å². The largest absolute Gasteiger partial charge is 0.497 e. The number of benzene rings is 2. The van der Waals surface area contributed by atoms with Crippen molar-refractivity contribution in [3.05, 3.63) is 57.6 Å². The molecule has 0 bridgehead atoms. The normalized spacial score (nSPS) is 17.6. The molecule has 27 heavy (non-hydrogen) atoms. The predicted molar refractivity (Wildman–Crippen MR) is 108 cm³/mol. The monoisotopic (exact) mass is 407 g/mol. The van der Waals surface area contributed by atoms with Crippen LogP contribution in [0.1, 0.15) is 43.9 Å². The van der Waals surface area contributed by atoms with E-state index >= 15 is 0 Å². The topological polar surface area (TPSA) is 47.6 Å². The number of nitrogens with one attached hydrogen (secondary N) is 1. The Morgan fingerprint density at radius 3 is 2.74 bits per heavy atom. The van der Waals surface area contributed by atoms with Gasteiger partial charge in [-0.15, -0.1) is 0 Å². The zero-order valence-electron chi connectivity index (χ0n) is 15.6. The van der Waals surface area contributed by atoms with Crippen LogP contribution >= 0.6 is 23.2 Å². The molecule has 1 aliphatic rings. The van der Waals surface area contributed by atoms with E-state index in [2.05, 4.69) is 5.32 Å². The van der Waals surface area contributed by atoms with Gasteiger partial charge in [0.05, 0.1) is 13.2 Å². The molecule has 4 nitrogen and oxygen atoms in total. The van der Waals surface area contributed by atoms with Crippen molar-refractivity contribution < 1.29 is 14.3 Å². The molecule has 0 unspecified atom stereocenters. The van der Waals surface area contributed by atoms with Crippen molar-refractivity contribution in [1.29, 1.82) is 0 Å². The van der Waals surface area contributed by atoms with Gasteiger partial charge in [-0.25, -0.2) is 0 Å². The van der Waals surface area contributed by atoms with Crippen LogP contribution in [0.15, 0.2) is 36.4 Å². The van der Waals surface area contributed by atoms with Crippen LogP contribution in [0.4, 0.5) is 0 Å². The molecular formula is C21H23Cl2NO3. The maximum absolute atomic E-state index is 12.6. The second-order valence-electron chi connectivity index (χ2n) is 7.33. The molecule has 6 heteroatoms. The molecule has 1 atom stereocenters. The molecule has 0 aromatic heterocycles. The third kappa shape index (κ3) is 4.88. The molecule has 144 valence electrons. The number of carbonyl (C=O) groups excluding carboxylic acids is 1. The van der Waals surface area contributed by atoms with Gasteiger partial charge in [0.1, 0.15) is 17.1 Å². The Hall–Kier alpha value is -1.91. The summed E-state index contributed by atoms with van der Waals surface area (Å²) < 4.78 is 11.4. The van der Waals surface area contributed by atoms with Gasteiger partial charge in [0.15, 0.2) is 0 Å². The van der Waals surface area contributed by atoms with Crippen LogP contribution in [0.25, 0.3) is 0 Å². The van der Waals surface area contributed by atoms with E-state index in [4.69, 9.17) is 32.7 Å². The number of halogens is 2. The lowest BCUT2D eigenvalue weighted by atomic mass is 9.89. The first-order valence-electron chi connectivity index (χ1n) is 8.88. The van der Waals surface area contributed by atoms with Crippen molar-refractivity contribution in [2.75, 3.05) is 7.11 Å². The van der Waals surface area contributed by atoms with Crippen molar-refractivity contribution in [3.63, 3.8) is 0 Å². The van der Waals surface area contributed by atoms with Crippen LogP contribution in [-0.4, -0.2) is 18.6 Å². The summed E-state index contributed by atoms with van der Waals surface area (Å²) in [4.78, 5) is 12.6. The zero-order chi connectivity index (χ0) is 19.6. The Balaban J connectivity index is 1.71. The fraction of sp³-hybridized carbons (Fsp3) is 0.381. The van der Waals surface area contributed by atoms with Crippen molar-refractivity contribution in [2.45, 2.75) is 44.8 Å². The smallest absolute Gasteiger partial charge is 0.220 e. The van der Waals surface area contributed by atoms with E-state index < -0.39 is 0 Å². The number of carbonyl (C=O) groups is 1. The van der Waals surface area contributed by atoms with Crippen molar-refractivity contribution in [3.8, 4) is 11.5 Å². The molecule has 1 heterocycles. The van der Waals surface area contributed by atoms with Crippen LogP contribution in [0, 0.1) is 0 Å². The first-order valence-corrected chi connectivity index (χ1v) is 9.63. The van der Waals surface area contributed by atoms with Crippen LogP contribution in [0.3, 0.4) is 0 Å². The number of ether oxygens (including phenoxy) is 2. The molecule has 0 spiro atoms. The minimum atomic E-state index is -0.362. The highest BCUT2D eigenvalue weighted by Crippen LogP contribution is 2.41. The Kier molecular flexibility index (Phi) is 5.87. The molecule has 0 saturated carbocycles. The van der Waals surface area contributed by atoms with E-state index in [0.717, 1.165) is 22.6 Å². The van der Waals surface area contributed by atoms with Gasteiger partial charge in [0.25, 0.3) is 0 Å². The molecule has 1 amide bonds. The summed E-state index contributed by atoms with van der Waals surface area (Å²) in [5.74, 6) is 1.49. The summed E-state index contributed by atoms with van der Waals surface area (Å²) in [6, 6.07) is 10.9. The third-order valence-corrected chi connectivity index (χ3v) is 5.23. The maximum atomic E-state index is 12.6. The average Bonchev–Trinajstić information content (AvgIpc) is 2.60. The molecule has 0 radical (unpaired) electrons. The van der Waals surface area contributed by atoms with E-state index in [1.54, 1.807) is 19.2 Å². The average molecular weight is 408 g/mol. The number of hydrogen-bond donors (Lipinski definition) is 1. The van der Waals surface area contributed by atoms with Crippen LogP contribution in [-0.2, 0) is 11.2 Å². The molecule has 0 aliphatic carbocycles. The van der Waals surface area contributed by atoms with Gasteiger partial charge in [0.2, 0.25) is 5.91 Å². The fourth-order valence-electron chi connectivity index (χ4n) is 3.33. The van der Waals surface area contributed by atoms with E-state index in [9.17, 15) is 4.79 Å². The minimum absolute atomic E-state index is 0.0301. The van der Waals surface area contributed by atoms with E-state index in [1.165, 1.54) is 0 Å². The molecule has 0 saturated heterocycles. The Bertz CT molecular complexity index is 851.